The normalized spacial score (nSPS) is 22.8. The van der Waals surface area contributed by atoms with Crippen LogP contribution in [0.4, 0.5) is 0 Å². The van der Waals surface area contributed by atoms with Gasteiger partial charge in [0.25, 0.3) is 0 Å². The minimum atomic E-state index is -3.55. The van der Waals surface area contributed by atoms with Crippen molar-refractivity contribution in [3.05, 3.63) is 29.3 Å². The number of likely N-dealkylation sites (tertiary alicyclic amines) is 1. The van der Waals surface area contributed by atoms with Crippen LogP contribution in [0.5, 0.6) is 0 Å². The third-order valence-corrected chi connectivity index (χ3v) is 7.38. The molecule has 7 nitrogen and oxygen atoms in total. The third kappa shape index (κ3) is 3.48. The number of amides is 1. The van der Waals surface area contributed by atoms with Gasteiger partial charge in [0.15, 0.2) is 0 Å². The summed E-state index contributed by atoms with van der Waals surface area (Å²) in [5, 5.41) is 9.10. The molecule has 0 saturated carbocycles. The molecule has 1 atom stereocenters. The van der Waals surface area contributed by atoms with Crippen molar-refractivity contribution in [1.29, 1.82) is 0 Å². The van der Waals surface area contributed by atoms with Gasteiger partial charge in [0.1, 0.15) is 0 Å². The van der Waals surface area contributed by atoms with Crippen molar-refractivity contribution in [1.82, 2.24) is 9.21 Å². The standard InChI is InChI=1S/C18H24N2O5S/c1-12-3-4-16(9-13(12)2)26(24,25)19-7-5-15(6-8-19)20-11-14(18(22)23)10-17(20)21/h3-4,9,14-15H,5-8,10-11H2,1-2H3,(H,22,23). The summed E-state index contributed by atoms with van der Waals surface area (Å²) in [5.41, 5.74) is 1.98. The Kier molecular flexibility index (Phi) is 5.07. The van der Waals surface area contributed by atoms with Gasteiger partial charge in [0, 0.05) is 32.1 Å². The summed E-state index contributed by atoms with van der Waals surface area (Å²) in [6.07, 6.45) is 1.10. The van der Waals surface area contributed by atoms with Crippen LogP contribution in [0.3, 0.4) is 0 Å². The quantitative estimate of drug-likeness (QED) is 0.852. The van der Waals surface area contributed by atoms with E-state index in [0.29, 0.717) is 30.8 Å². The minimum absolute atomic E-state index is 0.0382. The number of carboxylic acids is 1. The van der Waals surface area contributed by atoms with E-state index in [9.17, 15) is 18.0 Å². The fourth-order valence-electron chi connectivity index (χ4n) is 3.67. The predicted octanol–water partition coefficient (Wildman–Crippen LogP) is 1.39. The molecule has 0 spiro atoms. The molecule has 0 aliphatic carbocycles. The maximum Gasteiger partial charge on any atom is 0.308 e. The molecule has 0 radical (unpaired) electrons. The Morgan fingerprint density at radius 2 is 1.81 bits per heavy atom. The summed E-state index contributed by atoms with van der Waals surface area (Å²) in [5.74, 6) is -1.75. The van der Waals surface area contributed by atoms with E-state index in [1.54, 1.807) is 17.0 Å². The number of sulfonamides is 1. The molecular formula is C18H24N2O5S. The van der Waals surface area contributed by atoms with Crippen molar-refractivity contribution in [2.75, 3.05) is 19.6 Å². The van der Waals surface area contributed by atoms with E-state index in [1.165, 1.54) is 4.31 Å². The highest BCUT2D eigenvalue weighted by molar-refractivity contribution is 7.89. The zero-order valence-corrected chi connectivity index (χ0v) is 15.8. The average Bonchev–Trinajstić information content (AvgIpc) is 2.99. The van der Waals surface area contributed by atoms with E-state index < -0.39 is 21.9 Å². The number of hydrogen-bond acceptors (Lipinski definition) is 4. The number of carbonyl (C=O) groups excluding carboxylic acids is 1. The van der Waals surface area contributed by atoms with Crippen LogP contribution in [0.15, 0.2) is 23.1 Å². The molecule has 2 heterocycles. The van der Waals surface area contributed by atoms with Gasteiger partial charge in [-0.25, -0.2) is 8.42 Å². The number of benzene rings is 1. The number of carboxylic acid groups (broad SMARTS) is 1. The second-order valence-corrected chi connectivity index (χ2v) is 9.10. The highest BCUT2D eigenvalue weighted by atomic mass is 32.2. The molecule has 2 saturated heterocycles. The summed E-state index contributed by atoms with van der Waals surface area (Å²) in [7, 11) is -3.55. The lowest BCUT2D eigenvalue weighted by Gasteiger charge is -2.36. The number of aryl methyl sites for hydroxylation is 2. The fourth-order valence-corrected chi connectivity index (χ4v) is 5.22. The Bertz CT molecular complexity index is 828. The molecule has 0 bridgehead atoms. The number of rotatable bonds is 4. The minimum Gasteiger partial charge on any atom is -0.481 e. The molecule has 2 fully saturated rings. The van der Waals surface area contributed by atoms with Crippen molar-refractivity contribution in [3.8, 4) is 0 Å². The first-order valence-electron chi connectivity index (χ1n) is 8.80. The van der Waals surface area contributed by atoms with Gasteiger partial charge >= 0.3 is 5.97 Å². The number of hydrogen-bond donors (Lipinski definition) is 1. The summed E-state index contributed by atoms with van der Waals surface area (Å²) in [4.78, 5) is 25.1. The SMILES string of the molecule is Cc1ccc(S(=O)(=O)N2CCC(N3CC(C(=O)O)CC3=O)CC2)cc1C. The van der Waals surface area contributed by atoms with Gasteiger partial charge in [0.2, 0.25) is 15.9 Å². The average molecular weight is 380 g/mol. The Hall–Kier alpha value is -1.93. The number of piperidine rings is 1. The lowest BCUT2D eigenvalue weighted by Crippen LogP contribution is -2.47. The molecule has 3 rings (SSSR count). The number of carbonyl (C=O) groups is 2. The Balaban J connectivity index is 1.67. The van der Waals surface area contributed by atoms with Gasteiger partial charge in [0.05, 0.1) is 10.8 Å². The summed E-state index contributed by atoms with van der Waals surface area (Å²) >= 11 is 0. The molecular weight excluding hydrogens is 356 g/mol. The van der Waals surface area contributed by atoms with Gasteiger partial charge in [-0.2, -0.15) is 4.31 Å². The maximum absolute atomic E-state index is 12.9. The Labute approximate surface area is 153 Å². The molecule has 2 aliphatic heterocycles. The molecule has 8 heteroatoms. The highest BCUT2D eigenvalue weighted by Gasteiger charge is 2.40. The number of aliphatic carboxylic acids is 1. The topological polar surface area (TPSA) is 95.0 Å². The van der Waals surface area contributed by atoms with Crippen molar-refractivity contribution in [2.24, 2.45) is 5.92 Å². The van der Waals surface area contributed by atoms with Crippen molar-refractivity contribution in [2.45, 2.75) is 44.0 Å². The smallest absolute Gasteiger partial charge is 0.308 e. The highest BCUT2D eigenvalue weighted by Crippen LogP contribution is 2.28. The molecule has 142 valence electrons. The monoisotopic (exact) mass is 380 g/mol. The maximum atomic E-state index is 12.9. The van der Waals surface area contributed by atoms with E-state index in [0.717, 1.165) is 11.1 Å². The first kappa shape index (κ1) is 18.8. The first-order chi connectivity index (χ1) is 12.2. The van der Waals surface area contributed by atoms with E-state index in [2.05, 4.69) is 0 Å². The van der Waals surface area contributed by atoms with E-state index in [4.69, 9.17) is 5.11 Å². The van der Waals surface area contributed by atoms with Gasteiger partial charge in [-0.3, -0.25) is 9.59 Å². The van der Waals surface area contributed by atoms with Gasteiger partial charge in [-0.15, -0.1) is 0 Å². The van der Waals surface area contributed by atoms with Gasteiger partial charge < -0.3 is 10.0 Å². The first-order valence-corrected chi connectivity index (χ1v) is 10.2. The van der Waals surface area contributed by atoms with Crippen LogP contribution < -0.4 is 0 Å². The molecule has 0 aromatic heterocycles. The second-order valence-electron chi connectivity index (χ2n) is 7.17. The van der Waals surface area contributed by atoms with Crippen LogP contribution in [0.1, 0.15) is 30.4 Å². The lowest BCUT2D eigenvalue weighted by molar-refractivity contribution is -0.141. The van der Waals surface area contributed by atoms with Crippen LogP contribution in [0.2, 0.25) is 0 Å². The fraction of sp³-hybridized carbons (Fsp3) is 0.556. The molecule has 1 N–H and O–H groups in total. The van der Waals surface area contributed by atoms with Crippen LogP contribution in [-0.2, 0) is 19.6 Å². The third-order valence-electron chi connectivity index (χ3n) is 5.49. The molecule has 1 aromatic carbocycles. The van der Waals surface area contributed by atoms with Gasteiger partial charge in [-0.05, 0) is 49.9 Å². The van der Waals surface area contributed by atoms with Crippen molar-refractivity contribution < 1.29 is 23.1 Å². The summed E-state index contributed by atoms with van der Waals surface area (Å²) in [6, 6.07) is 5.05. The Morgan fingerprint density at radius 3 is 2.35 bits per heavy atom. The summed E-state index contributed by atoms with van der Waals surface area (Å²) in [6.45, 7) is 4.72. The Morgan fingerprint density at radius 1 is 1.15 bits per heavy atom. The molecule has 1 aromatic rings. The van der Waals surface area contributed by atoms with Crippen molar-refractivity contribution in [3.63, 3.8) is 0 Å². The van der Waals surface area contributed by atoms with Crippen LogP contribution in [0.25, 0.3) is 0 Å². The zero-order chi connectivity index (χ0) is 19.1. The largest absolute Gasteiger partial charge is 0.481 e. The zero-order valence-electron chi connectivity index (χ0n) is 15.0. The van der Waals surface area contributed by atoms with E-state index >= 15 is 0 Å². The van der Waals surface area contributed by atoms with E-state index in [-0.39, 0.29) is 24.9 Å². The molecule has 1 amide bonds. The van der Waals surface area contributed by atoms with E-state index in [1.807, 2.05) is 19.9 Å². The van der Waals surface area contributed by atoms with Crippen LogP contribution >= 0.6 is 0 Å². The summed E-state index contributed by atoms with van der Waals surface area (Å²) < 4.78 is 27.2. The van der Waals surface area contributed by atoms with Crippen LogP contribution in [-0.4, -0.2) is 60.3 Å². The van der Waals surface area contributed by atoms with Gasteiger partial charge in [-0.1, -0.05) is 6.07 Å². The molecule has 1 unspecified atom stereocenters. The lowest BCUT2D eigenvalue weighted by atomic mass is 10.1. The van der Waals surface area contributed by atoms with Crippen LogP contribution in [0, 0.1) is 19.8 Å². The second kappa shape index (κ2) is 7.00. The number of nitrogens with zero attached hydrogens (tertiary/aromatic N) is 2. The predicted molar refractivity (Wildman–Crippen MR) is 95.2 cm³/mol. The molecule has 26 heavy (non-hydrogen) atoms. The van der Waals surface area contributed by atoms with Crippen molar-refractivity contribution >= 4 is 21.9 Å². The molecule has 2 aliphatic rings.